The highest BCUT2D eigenvalue weighted by atomic mass is 15.0. The standard InChI is InChI=1S/C6H10N/c1-2-5(1)6-3-7-4-6/h6-7H,1-4H2. The minimum absolute atomic E-state index is 1.000. The molecule has 1 N–H and O–H groups in total. The molecule has 0 atom stereocenters. The molecule has 0 aromatic rings. The first kappa shape index (κ1) is 3.90. The molecule has 1 aliphatic carbocycles. The first-order chi connectivity index (χ1) is 3.47. The average Bonchev–Trinajstić information content (AvgIpc) is 2.10. The van der Waals surface area contributed by atoms with Crippen LogP contribution in [0.1, 0.15) is 12.8 Å². The number of hydrogen-bond donors (Lipinski definition) is 1. The minimum atomic E-state index is 1.000. The highest BCUT2D eigenvalue weighted by molar-refractivity contribution is 5.13. The van der Waals surface area contributed by atoms with Crippen LogP contribution in [0.2, 0.25) is 0 Å². The Morgan fingerprint density at radius 3 is 2.14 bits per heavy atom. The summed E-state index contributed by atoms with van der Waals surface area (Å²) in [7, 11) is 0. The molecule has 1 heteroatoms. The Morgan fingerprint density at radius 1 is 1.29 bits per heavy atom. The normalized spacial score (nSPS) is 32.6. The van der Waals surface area contributed by atoms with E-state index in [0.29, 0.717) is 0 Å². The van der Waals surface area contributed by atoms with Gasteiger partial charge in [0.25, 0.3) is 0 Å². The van der Waals surface area contributed by atoms with Crippen LogP contribution in [-0.2, 0) is 0 Å². The maximum absolute atomic E-state index is 3.26. The van der Waals surface area contributed by atoms with Crippen LogP contribution in [0.4, 0.5) is 0 Å². The lowest BCUT2D eigenvalue weighted by Gasteiger charge is -2.26. The van der Waals surface area contributed by atoms with E-state index < -0.39 is 0 Å². The molecule has 0 bridgehead atoms. The summed E-state index contributed by atoms with van der Waals surface area (Å²) in [5.41, 5.74) is 0. The van der Waals surface area contributed by atoms with Crippen molar-refractivity contribution in [3.8, 4) is 0 Å². The van der Waals surface area contributed by atoms with E-state index >= 15 is 0 Å². The van der Waals surface area contributed by atoms with Crippen molar-refractivity contribution >= 4 is 0 Å². The van der Waals surface area contributed by atoms with Crippen molar-refractivity contribution in [1.29, 1.82) is 0 Å². The molecule has 2 rings (SSSR count). The molecule has 1 saturated carbocycles. The van der Waals surface area contributed by atoms with Gasteiger partial charge in [0.05, 0.1) is 0 Å². The van der Waals surface area contributed by atoms with Crippen molar-refractivity contribution in [3.05, 3.63) is 5.92 Å². The highest BCUT2D eigenvalue weighted by Gasteiger charge is 2.34. The Bertz CT molecular complexity index is 72.2. The maximum atomic E-state index is 3.26. The van der Waals surface area contributed by atoms with Gasteiger partial charge in [-0.25, -0.2) is 0 Å². The van der Waals surface area contributed by atoms with E-state index in [2.05, 4.69) is 5.32 Å². The molecule has 1 heterocycles. The molecule has 2 fully saturated rings. The van der Waals surface area contributed by atoms with E-state index in [4.69, 9.17) is 0 Å². The Balaban J connectivity index is 1.83. The molecule has 0 spiro atoms. The highest BCUT2D eigenvalue weighted by Crippen LogP contribution is 2.40. The fourth-order valence-electron chi connectivity index (χ4n) is 1.06. The summed E-state index contributed by atoms with van der Waals surface area (Å²) in [6, 6.07) is 0. The molecule has 39 valence electrons. The number of nitrogens with one attached hydrogen (secondary N) is 1. The summed E-state index contributed by atoms with van der Waals surface area (Å²) in [5.74, 6) is 2.82. The Morgan fingerprint density at radius 2 is 2.00 bits per heavy atom. The van der Waals surface area contributed by atoms with E-state index in [9.17, 15) is 0 Å². The van der Waals surface area contributed by atoms with Gasteiger partial charge >= 0.3 is 0 Å². The lowest BCUT2D eigenvalue weighted by atomic mass is 9.98. The topological polar surface area (TPSA) is 12.0 Å². The van der Waals surface area contributed by atoms with E-state index in [1.807, 2.05) is 5.92 Å². The Labute approximate surface area is 44.1 Å². The molecular weight excluding hydrogens is 86.1 g/mol. The average molecular weight is 96.2 g/mol. The van der Waals surface area contributed by atoms with Crippen LogP contribution in [0.3, 0.4) is 0 Å². The van der Waals surface area contributed by atoms with E-state index in [1.165, 1.54) is 25.9 Å². The maximum Gasteiger partial charge on any atom is -0.000271 e. The second-order valence-electron chi connectivity index (χ2n) is 2.51. The zero-order valence-corrected chi connectivity index (χ0v) is 4.41. The van der Waals surface area contributed by atoms with Crippen molar-refractivity contribution in [2.75, 3.05) is 13.1 Å². The third-order valence-electron chi connectivity index (χ3n) is 1.90. The van der Waals surface area contributed by atoms with Crippen molar-refractivity contribution in [2.45, 2.75) is 12.8 Å². The summed E-state index contributed by atoms with van der Waals surface area (Å²) in [4.78, 5) is 0. The fourth-order valence-corrected chi connectivity index (χ4v) is 1.06. The SMILES string of the molecule is C1C[C]1C1CNC1. The monoisotopic (exact) mass is 96.1 g/mol. The lowest BCUT2D eigenvalue weighted by Crippen LogP contribution is -2.42. The molecule has 2 aliphatic rings. The van der Waals surface area contributed by atoms with Gasteiger partial charge in [-0.3, -0.25) is 0 Å². The zero-order valence-electron chi connectivity index (χ0n) is 4.41. The third-order valence-corrected chi connectivity index (χ3v) is 1.90. The molecule has 0 aromatic carbocycles. The summed E-state index contributed by atoms with van der Waals surface area (Å²) in [6.07, 6.45) is 2.87. The van der Waals surface area contributed by atoms with Crippen molar-refractivity contribution in [1.82, 2.24) is 5.32 Å². The largest absolute Gasteiger partial charge is 0.316 e. The smallest absolute Gasteiger partial charge is 0.000271 e. The van der Waals surface area contributed by atoms with Crippen LogP contribution in [0, 0.1) is 11.8 Å². The van der Waals surface area contributed by atoms with Crippen LogP contribution >= 0.6 is 0 Å². The van der Waals surface area contributed by atoms with Crippen LogP contribution in [0.15, 0.2) is 0 Å². The van der Waals surface area contributed by atoms with Gasteiger partial charge in [-0.1, -0.05) is 0 Å². The molecule has 7 heavy (non-hydrogen) atoms. The molecule has 0 aromatic heterocycles. The van der Waals surface area contributed by atoms with E-state index in [1.54, 1.807) is 0 Å². The van der Waals surface area contributed by atoms with Crippen molar-refractivity contribution in [2.24, 2.45) is 5.92 Å². The first-order valence-corrected chi connectivity index (χ1v) is 3.02. The minimum Gasteiger partial charge on any atom is -0.316 e. The van der Waals surface area contributed by atoms with Crippen molar-refractivity contribution in [3.63, 3.8) is 0 Å². The molecule has 1 radical (unpaired) electrons. The molecule has 1 aliphatic heterocycles. The summed E-state index contributed by atoms with van der Waals surface area (Å²) < 4.78 is 0. The quantitative estimate of drug-likeness (QED) is 0.503. The molecule has 1 saturated heterocycles. The molecule has 0 unspecified atom stereocenters. The lowest BCUT2D eigenvalue weighted by molar-refractivity contribution is 0.385. The predicted molar refractivity (Wildman–Crippen MR) is 28.8 cm³/mol. The van der Waals surface area contributed by atoms with Gasteiger partial charge in [-0.2, -0.15) is 0 Å². The second kappa shape index (κ2) is 1.22. The van der Waals surface area contributed by atoms with Crippen LogP contribution in [0.25, 0.3) is 0 Å². The summed E-state index contributed by atoms with van der Waals surface area (Å²) >= 11 is 0. The van der Waals surface area contributed by atoms with Crippen molar-refractivity contribution < 1.29 is 0 Å². The van der Waals surface area contributed by atoms with E-state index in [-0.39, 0.29) is 0 Å². The predicted octanol–water partition coefficient (Wildman–Crippen LogP) is 0.574. The zero-order chi connectivity index (χ0) is 4.69. The number of rotatable bonds is 1. The van der Waals surface area contributed by atoms with Gasteiger partial charge in [-0.05, 0) is 37.8 Å². The van der Waals surface area contributed by atoms with E-state index in [0.717, 1.165) is 5.92 Å². The molecular formula is C6H10N. The second-order valence-corrected chi connectivity index (χ2v) is 2.51. The van der Waals surface area contributed by atoms with Gasteiger partial charge < -0.3 is 5.32 Å². The van der Waals surface area contributed by atoms with Gasteiger partial charge in [0.15, 0.2) is 0 Å². The third kappa shape index (κ3) is 0.556. The van der Waals surface area contributed by atoms with Crippen LogP contribution in [0.5, 0.6) is 0 Å². The molecule has 0 amide bonds. The van der Waals surface area contributed by atoms with Gasteiger partial charge in [-0.15, -0.1) is 0 Å². The summed E-state index contributed by atoms with van der Waals surface area (Å²) in [6.45, 7) is 2.55. The number of hydrogen-bond acceptors (Lipinski definition) is 1. The molecule has 1 nitrogen and oxygen atoms in total. The van der Waals surface area contributed by atoms with Crippen LogP contribution < -0.4 is 5.32 Å². The van der Waals surface area contributed by atoms with Crippen LogP contribution in [-0.4, -0.2) is 13.1 Å². The van der Waals surface area contributed by atoms with Gasteiger partial charge in [0.1, 0.15) is 0 Å². The summed E-state index contributed by atoms with van der Waals surface area (Å²) in [5, 5.41) is 3.26. The van der Waals surface area contributed by atoms with Gasteiger partial charge in [0, 0.05) is 0 Å². The Hall–Kier alpha value is -0.0400. The first-order valence-electron chi connectivity index (χ1n) is 3.02. The Kier molecular flexibility index (Phi) is 0.680. The fraction of sp³-hybridized carbons (Fsp3) is 0.833. The van der Waals surface area contributed by atoms with Gasteiger partial charge in [0.2, 0.25) is 0 Å².